The zero-order valence-electron chi connectivity index (χ0n) is 19.9. The Balaban J connectivity index is 2.29. The molecule has 0 aliphatic rings. The number of carbonyl (C=O) groups is 1. The van der Waals surface area contributed by atoms with E-state index in [2.05, 4.69) is 25.1 Å². The first-order valence-electron chi connectivity index (χ1n) is 10.8. The van der Waals surface area contributed by atoms with Crippen LogP contribution in [0.5, 0.6) is 5.75 Å². The maximum absolute atomic E-state index is 12.2. The van der Waals surface area contributed by atoms with Crippen LogP contribution < -0.4 is 4.74 Å². The van der Waals surface area contributed by atoms with E-state index in [1.54, 1.807) is 0 Å². The Morgan fingerprint density at radius 3 is 2.44 bits per heavy atom. The number of rotatable bonds is 11. The molecule has 6 nitrogen and oxygen atoms in total. The highest BCUT2D eigenvalue weighted by Crippen LogP contribution is 2.27. The van der Waals surface area contributed by atoms with Gasteiger partial charge in [0.05, 0.1) is 26.2 Å². The first-order chi connectivity index (χ1) is 15.5. The van der Waals surface area contributed by atoms with Crippen LogP contribution in [0, 0.1) is 13.8 Å². The number of methoxy groups -OCH3 is 2. The standard InChI is InChI=1S/C26H33NO5/c1-7-13-32-27-24(8-2)22-14-19(4)25(15-18(22)3)31-16-20-11-9-10-12-21(20)23(17-29-5)26(28)30-6/h9-12,14-15,17H,7-8,13,16H2,1-6H3/b23-17+,27-24+. The number of esters is 1. The molecule has 0 heterocycles. The lowest BCUT2D eigenvalue weighted by molar-refractivity contribution is -0.133. The van der Waals surface area contributed by atoms with Gasteiger partial charge in [0.2, 0.25) is 0 Å². The van der Waals surface area contributed by atoms with Crippen LogP contribution >= 0.6 is 0 Å². The molecule has 0 saturated carbocycles. The van der Waals surface area contributed by atoms with E-state index in [1.165, 1.54) is 20.5 Å². The van der Waals surface area contributed by atoms with E-state index >= 15 is 0 Å². The molecular weight excluding hydrogens is 406 g/mol. The van der Waals surface area contributed by atoms with E-state index in [9.17, 15) is 4.79 Å². The number of hydrogen-bond acceptors (Lipinski definition) is 6. The van der Waals surface area contributed by atoms with Gasteiger partial charge in [-0.1, -0.05) is 43.3 Å². The molecule has 0 aromatic heterocycles. The Hall–Kier alpha value is -3.28. The molecule has 0 saturated heterocycles. The van der Waals surface area contributed by atoms with E-state index in [4.69, 9.17) is 19.0 Å². The fraction of sp³-hybridized carbons (Fsp3) is 0.385. The summed E-state index contributed by atoms with van der Waals surface area (Å²) in [5.74, 6) is 0.314. The van der Waals surface area contributed by atoms with Gasteiger partial charge in [0.25, 0.3) is 0 Å². The predicted octanol–water partition coefficient (Wildman–Crippen LogP) is 5.58. The molecule has 0 spiro atoms. The Labute approximate surface area is 190 Å². The second-order valence-corrected chi connectivity index (χ2v) is 7.36. The first kappa shape index (κ1) is 25.0. The summed E-state index contributed by atoms with van der Waals surface area (Å²) in [4.78, 5) is 17.6. The average Bonchev–Trinajstić information content (AvgIpc) is 2.80. The highest BCUT2D eigenvalue weighted by Gasteiger charge is 2.17. The molecule has 2 aromatic rings. The average molecular weight is 440 g/mol. The van der Waals surface area contributed by atoms with Gasteiger partial charge >= 0.3 is 5.97 Å². The van der Waals surface area contributed by atoms with Gasteiger partial charge < -0.3 is 19.0 Å². The summed E-state index contributed by atoms with van der Waals surface area (Å²) < 4.78 is 16.2. The topological polar surface area (TPSA) is 66.3 Å². The van der Waals surface area contributed by atoms with Crippen molar-refractivity contribution in [3.05, 3.63) is 70.5 Å². The van der Waals surface area contributed by atoms with E-state index < -0.39 is 5.97 Å². The molecule has 32 heavy (non-hydrogen) atoms. The van der Waals surface area contributed by atoms with E-state index in [-0.39, 0.29) is 0 Å². The Morgan fingerprint density at radius 1 is 1.03 bits per heavy atom. The van der Waals surface area contributed by atoms with Crippen molar-refractivity contribution in [2.45, 2.75) is 47.1 Å². The van der Waals surface area contributed by atoms with Crippen molar-refractivity contribution in [1.82, 2.24) is 0 Å². The van der Waals surface area contributed by atoms with Crippen LogP contribution in [0.4, 0.5) is 0 Å². The lowest BCUT2D eigenvalue weighted by Crippen LogP contribution is -2.09. The minimum absolute atomic E-state index is 0.294. The van der Waals surface area contributed by atoms with Gasteiger partial charge in [0.15, 0.2) is 0 Å². The van der Waals surface area contributed by atoms with Crippen molar-refractivity contribution < 1.29 is 23.8 Å². The molecular formula is C26H33NO5. The van der Waals surface area contributed by atoms with Gasteiger partial charge in [-0.05, 0) is 61.1 Å². The molecule has 0 unspecified atom stereocenters. The fourth-order valence-corrected chi connectivity index (χ4v) is 3.29. The largest absolute Gasteiger partial charge is 0.503 e. The Bertz CT molecular complexity index is 978. The number of aryl methyl sites for hydroxylation is 2. The number of ether oxygens (including phenoxy) is 3. The van der Waals surface area contributed by atoms with Crippen molar-refractivity contribution in [1.29, 1.82) is 0 Å². The summed E-state index contributed by atoms with van der Waals surface area (Å²) in [6.45, 7) is 9.07. The molecule has 6 heteroatoms. The smallest absolute Gasteiger partial charge is 0.341 e. The number of benzene rings is 2. The number of nitrogens with zero attached hydrogens (tertiary/aromatic N) is 1. The predicted molar refractivity (Wildman–Crippen MR) is 127 cm³/mol. The van der Waals surface area contributed by atoms with Crippen molar-refractivity contribution in [3.8, 4) is 5.75 Å². The maximum Gasteiger partial charge on any atom is 0.341 e. The minimum Gasteiger partial charge on any atom is -0.503 e. The summed E-state index contributed by atoms with van der Waals surface area (Å²) in [6, 6.07) is 11.6. The normalized spacial score (nSPS) is 11.8. The second kappa shape index (κ2) is 12.5. The molecule has 0 atom stereocenters. The monoisotopic (exact) mass is 439 g/mol. The van der Waals surface area contributed by atoms with Gasteiger partial charge in [-0.3, -0.25) is 0 Å². The van der Waals surface area contributed by atoms with Crippen molar-refractivity contribution in [2.24, 2.45) is 5.16 Å². The first-order valence-corrected chi connectivity index (χ1v) is 10.8. The van der Waals surface area contributed by atoms with E-state index in [0.717, 1.165) is 46.6 Å². The summed E-state index contributed by atoms with van der Waals surface area (Å²) in [5, 5.41) is 4.31. The van der Waals surface area contributed by atoms with Gasteiger partial charge in [0, 0.05) is 5.56 Å². The van der Waals surface area contributed by atoms with Crippen LogP contribution in [-0.4, -0.2) is 32.5 Å². The third kappa shape index (κ3) is 6.36. The zero-order chi connectivity index (χ0) is 23.5. The zero-order valence-corrected chi connectivity index (χ0v) is 19.9. The quantitative estimate of drug-likeness (QED) is 0.114. The SMILES string of the molecule is CCCO/N=C(\CC)c1cc(C)c(OCc2ccccc2/C(=C\OC)C(=O)OC)cc1C. The van der Waals surface area contributed by atoms with Gasteiger partial charge in [0.1, 0.15) is 24.5 Å². The molecule has 0 N–H and O–H groups in total. The van der Waals surface area contributed by atoms with Crippen molar-refractivity contribution in [2.75, 3.05) is 20.8 Å². The van der Waals surface area contributed by atoms with Crippen LogP contribution in [0.3, 0.4) is 0 Å². The molecule has 0 aliphatic carbocycles. The third-order valence-corrected chi connectivity index (χ3v) is 4.97. The molecule has 0 aliphatic heterocycles. The van der Waals surface area contributed by atoms with Crippen LogP contribution in [-0.2, 0) is 25.7 Å². The van der Waals surface area contributed by atoms with E-state index in [1.807, 2.05) is 44.2 Å². The highest BCUT2D eigenvalue weighted by molar-refractivity contribution is 6.16. The van der Waals surface area contributed by atoms with E-state index in [0.29, 0.717) is 24.4 Å². The maximum atomic E-state index is 12.2. The molecule has 0 bridgehead atoms. The molecule has 172 valence electrons. The summed E-state index contributed by atoms with van der Waals surface area (Å²) in [7, 11) is 2.84. The molecule has 0 fully saturated rings. The second-order valence-electron chi connectivity index (χ2n) is 7.36. The third-order valence-electron chi connectivity index (χ3n) is 4.97. The summed E-state index contributed by atoms with van der Waals surface area (Å²) in [5.41, 5.74) is 5.95. The van der Waals surface area contributed by atoms with Crippen LogP contribution in [0.1, 0.15) is 54.5 Å². The fourth-order valence-electron chi connectivity index (χ4n) is 3.29. The molecule has 2 aromatic carbocycles. The van der Waals surface area contributed by atoms with Crippen LogP contribution in [0.25, 0.3) is 5.57 Å². The van der Waals surface area contributed by atoms with Crippen molar-refractivity contribution >= 4 is 17.3 Å². The molecule has 0 amide bonds. The molecule has 2 rings (SSSR count). The van der Waals surface area contributed by atoms with Gasteiger partial charge in [-0.25, -0.2) is 4.79 Å². The van der Waals surface area contributed by atoms with Crippen molar-refractivity contribution in [3.63, 3.8) is 0 Å². The summed E-state index contributed by atoms with van der Waals surface area (Å²) >= 11 is 0. The number of oxime groups is 1. The number of carbonyl (C=O) groups excluding carboxylic acids is 1. The Kier molecular flexibility index (Phi) is 9.79. The van der Waals surface area contributed by atoms with Crippen LogP contribution in [0.15, 0.2) is 47.8 Å². The highest BCUT2D eigenvalue weighted by atomic mass is 16.6. The number of hydrogen-bond donors (Lipinski definition) is 0. The Morgan fingerprint density at radius 2 is 1.78 bits per heavy atom. The lowest BCUT2D eigenvalue weighted by Gasteiger charge is -2.16. The molecule has 0 radical (unpaired) electrons. The lowest BCUT2D eigenvalue weighted by atomic mass is 9.99. The van der Waals surface area contributed by atoms with Crippen LogP contribution in [0.2, 0.25) is 0 Å². The summed E-state index contributed by atoms with van der Waals surface area (Å²) in [6.07, 6.45) is 3.09. The van der Waals surface area contributed by atoms with Gasteiger partial charge in [-0.2, -0.15) is 0 Å². The van der Waals surface area contributed by atoms with Gasteiger partial charge in [-0.15, -0.1) is 0 Å². The minimum atomic E-state index is -0.465.